The highest BCUT2D eigenvalue weighted by Gasteiger charge is 2.22. The first-order valence-corrected chi connectivity index (χ1v) is 7.26. The predicted molar refractivity (Wildman–Crippen MR) is 72.8 cm³/mol. The summed E-state index contributed by atoms with van der Waals surface area (Å²) in [6.07, 6.45) is 5.98. The van der Waals surface area contributed by atoms with Gasteiger partial charge in [-0.15, -0.1) is 0 Å². The van der Waals surface area contributed by atoms with Gasteiger partial charge in [0.05, 0.1) is 0 Å². The topological polar surface area (TPSA) is 20.3 Å². The van der Waals surface area contributed by atoms with E-state index in [0.717, 1.165) is 19.5 Å². The van der Waals surface area contributed by atoms with E-state index >= 15 is 0 Å². The van der Waals surface area contributed by atoms with E-state index in [-0.39, 0.29) is 0 Å². The van der Waals surface area contributed by atoms with Crippen LogP contribution in [0.2, 0.25) is 0 Å². The SMILES string of the molecule is CC(C)CN(CC(C)C)C(=O)CC1CCCC1. The van der Waals surface area contributed by atoms with Gasteiger partial charge in [-0.1, -0.05) is 40.5 Å². The lowest BCUT2D eigenvalue weighted by Crippen LogP contribution is -2.37. The Hall–Kier alpha value is -0.530. The molecule has 0 heterocycles. The molecule has 0 bridgehead atoms. The average Bonchev–Trinajstić information content (AvgIpc) is 2.67. The summed E-state index contributed by atoms with van der Waals surface area (Å²) in [6.45, 7) is 10.6. The molecule has 0 saturated heterocycles. The highest BCUT2D eigenvalue weighted by molar-refractivity contribution is 5.76. The van der Waals surface area contributed by atoms with Crippen LogP contribution < -0.4 is 0 Å². The van der Waals surface area contributed by atoms with Gasteiger partial charge in [-0.05, 0) is 30.6 Å². The number of carbonyl (C=O) groups is 1. The highest BCUT2D eigenvalue weighted by atomic mass is 16.2. The van der Waals surface area contributed by atoms with Crippen molar-refractivity contribution >= 4 is 5.91 Å². The summed E-state index contributed by atoms with van der Waals surface area (Å²) in [5.74, 6) is 2.20. The molecule has 0 aromatic rings. The highest BCUT2D eigenvalue weighted by Crippen LogP contribution is 2.28. The van der Waals surface area contributed by atoms with Crippen LogP contribution in [0, 0.1) is 17.8 Å². The molecule has 2 nitrogen and oxygen atoms in total. The van der Waals surface area contributed by atoms with Crippen LogP contribution in [0.25, 0.3) is 0 Å². The summed E-state index contributed by atoms with van der Waals surface area (Å²) < 4.78 is 0. The van der Waals surface area contributed by atoms with Gasteiger partial charge in [-0.3, -0.25) is 4.79 Å². The Labute approximate surface area is 107 Å². The van der Waals surface area contributed by atoms with E-state index in [1.807, 2.05) is 0 Å². The molecule has 0 spiro atoms. The Kier molecular flexibility index (Phi) is 6.01. The molecule has 1 amide bonds. The van der Waals surface area contributed by atoms with E-state index in [0.29, 0.717) is 23.7 Å². The third kappa shape index (κ3) is 5.56. The molecule has 0 radical (unpaired) electrons. The lowest BCUT2D eigenvalue weighted by atomic mass is 10.0. The van der Waals surface area contributed by atoms with Gasteiger partial charge in [-0.25, -0.2) is 0 Å². The van der Waals surface area contributed by atoms with Crippen LogP contribution in [0.15, 0.2) is 0 Å². The molecule has 1 fully saturated rings. The largest absolute Gasteiger partial charge is 0.342 e. The monoisotopic (exact) mass is 239 g/mol. The van der Waals surface area contributed by atoms with E-state index < -0.39 is 0 Å². The van der Waals surface area contributed by atoms with E-state index in [9.17, 15) is 4.79 Å². The molecule has 0 N–H and O–H groups in total. The van der Waals surface area contributed by atoms with Crippen molar-refractivity contribution in [3.05, 3.63) is 0 Å². The zero-order valence-electron chi connectivity index (χ0n) is 12.0. The van der Waals surface area contributed by atoms with Crippen molar-refractivity contribution < 1.29 is 4.79 Å². The zero-order chi connectivity index (χ0) is 12.8. The first-order chi connectivity index (χ1) is 7.99. The van der Waals surface area contributed by atoms with Crippen LogP contribution in [-0.4, -0.2) is 23.9 Å². The maximum Gasteiger partial charge on any atom is 0.222 e. The summed E-state index contributed by atoms with van der Waals surface area (Å²) in [5, 5.41) is 0. The van der Waals surface area contributed by atoms with Crippen LogP contribution >= 0.6 is 0 Å². The number of hydrogen-bond donors (Lipinski definition) is 0. The third-order valence-corrected chi connectivity index (χ3v) is 3.46. The molecule has 1 rings (SSSR count). The fourth-order valence-corrected chi connectivity index (χ4v) is 2.75. The van der Waals surface area contributed by atoms with E-state index in [1.54, 1.807) is 0 Å². The minimum atomic E-state index is 0.388. The Bertz CT molecular complexity index is 219. The number of amides is 1. The Morgan fingerprint density at radius 3 is 1.94 bits per heavy atom. The summed E-state index contributed by atoms with van der Waals surface area (Å²) in [4.78, 5) is 14.4. The van der Waals surface area contributed by atoms with Crippen LogP contribution in [0.4, 0.5) is 0 Å². The molecule has 100 valence electrons. The molecule has 0 aromatic heterocycles. The third-order valence-electron chi connectivity index (χ3n) is 3.46. The lowest BCUT2D eigenvalue weighted by Gasteiger charge is -2.27. The van der Waals surface area contributed by atoms with Gasteiger partial charge in [-0.2, -0.15) is 0 Å². The van der Waals surface area contributed by atoms with Crippen molar-refractivity contribution in [2.45, 2.75) is 59.8 Å². The lowest BCUT2D eigenvalue weighted by molar-refractivity contribution is -0.133. The predicted octanol–water partition coefficient (Wildman–Crippen LogP) is 3.71. The van der Waals surface area contributed by atoms with Crippen LogP contribution in [0.5, 0.6) is 0 Å². The van der Waals surface area contributed by atoms with Crippen molar-refractivity contribution in [1.29, 1.82) is 0 Å². The Morgan fingerprint density at radius 2 is 1.53 bits per heavy atom. The van der Waals surface area contributed by atoms with Gasteiger partial charge in [0.15, 0.2) is 0 Å². The minimum absolute atomic E-state index is 0.388. The second kappa shape index (κ2) is 7.03. The first kappa shape index (κ1) is 14.5. The molecule has 0 aliphatic heterocycles. The molecular formula is C15H29NO. The van der Waals surface area contributed by atoms with Crippen LogP contribution in [0.1, 0.15) is 59.8 Å². The fraction of sp³-hybridized carbons (Fsp3) is 0.933. The Balaban J connectivity index is 2.45. The molecule has 0 atom stereocenters. The minimum Gasteiger partial charge on any atom is -0.342 e. The van der Waals surface area contributed by atoms with Gasteiger partial charge in [0.25, 0.3) is 0 Å². The number of rotatable bonds is 6. The quantitative estimate of drug-likeness (QED) is 0.692. The maximum atomic E-state index is 12.3. The molecule has 2 heteroatoms. The van der Waals surface area contributed by atoms with Crippen LogP contribution in [-0.2, 0) is 4.79 Å². The molecule has 1 saturated carbocycles. The molecule has 17 heavy (non-hydrogen) atoms. The Morgan fingerprint density at radius 1 is 1.06 bits per heavy atom. The van der Waals surface area contributed by atoms with Crippen molar-refractivity contribution in [3.8, 4) is 0 Å². The second-order valence-electron chi connectivity index (χ2n) is 6.44. The average molecular weight is 239 g/mol. The summed E-state index contributed by atoms with van der Waals surface area (Å²) >= 11 is 0. The zero-order valence-corrected chi connectivity index (χ0v) is 12.0. The number of carbonyl (C=O) groups excluding carboxylic acids is 1. The van der Waals surface area contributed by atoms with Crippen molar-refractivity contribution in [2.24, 2.45) is 17.8 Å². The molecule has 1 aliphatic rings. The van der Waals surface area contributed by atoms with Gasteiger partial charge in [0.1, 0.15) is 0 Å². The van der Waals surface area contributed by atoms with Crippen molar-refractivity contribution in [3.63, 3.8) is 0 Å². The number of hydrogen-bond acceptors (Lipinski definition) is 1. The molecule has 0 aromatic carbocycles. The van der Waals surface area contributed by atoms with Gasteiger partial charge < -0.3 is 4.90 Å². The van der Waals surface area contributed by atoms with Crippen molar-refractivity contribution in [1.82, 2.24) is 4.90 Å². The summed E-state index contributed by atoms with van der Waals surface area (Å²) in [6, 6.07) is 0. The van der Waals surface area contributed by atoms with Gasteiger partial charge in [0, 0.05) is 19.5 Å². The van der Waals surface area contributed by atoms with Gasteiger partial charge >= 0.3 is 0 Å². The number of nitrogens with zero attached hydrogens (tertiary/aromatic N) is 1. The van der Waals surface area contributed by atoms with E-state index in [1.165, 1.54) is 25.7 Å². The van der Waals surface area contributed by atoms with E-state index in [2.05, 4.69) is 32.6 Å². The molecule has 0 unspecified atom stereocenters. The van der Waals surface area contributed by atoms with Gasteiger partial charge in [0.2, 0.25) is 5.91 Å². The first-order valence-electron chi connectivity index (χ1n) is 7.26. The molecular weight excluding hydrogens is 210 g/mol. The smallest absolute Gasteiger partial charge is 0.222 e. The maximum absolute atomic E-state index is 12.3. The summed E-state index contributed by atoms with van der Waals surface area (Å²) in [5.41, 5.74) is 0. The van der Waals surface area contributed by atoms with E-state index in [4.69, 9.17) is 0 Å². The van der Waals surface area contributed by atoms with Crippen molar-refractivity contribution in [2.75, 3.05) is 13.1 Å². The second-order valence-corrected chi connectivity index (χ2v) is 6.44. The molecule has 1 aliphatic carbocycles. The fourth-order valence-electron chi connectivity index (χ4n) is 2.75. The van der Waals surface area contributed by atoms with Crippen LogP contribution in [0.3, 0.4) is 0 Å². The summed E-state index contributed by atoms with van der Waals surface area (Å²) in [7, 11) is 0. The standard InChI is InChI=1S/C15H29NO/c1-12(2)10-16(11-13(3)4)15(17)9-14-7-5-6-8-14/h12-14H,5-11H2,1-4H3. The normalized spacial score (nSPS) is 17.1.